The second kappa shape index (κ2) is 8.20. The first kappa shape index (κ1) is 22.0. The molecule has 0 fully saturated rings. The number of aromatic nitrogens is 2. The normalized spacial score (nSPS) is 18.0. The van der Waals surface area contributed by atoms with Gasteiger partial charge >= 0.3 is 0 Å². The lowest BCUT2D eigenvalue weighted by molar-refractivity contribution is 0.0615. The number of nitrogens with zero attached hydrogens (tertiary/aromatic N) is 3. The van der Waals surface area contributed by atoms with Crippen molar-refractivity contribution in [3.05, 3.63) is 61.3 Å². The molecule has 8 heteroatoms. The molecule has 4 heterocycles. The number of hydrogen-bond donors (Lipinski definition) is 1. The molecule has 2 aliphatic heterocycles. The van der Waals surface area contributed by atoms with E-state index in [4.69, 9.17) is 31.6 Å². The SMILES string of the molecule is CC1(C)COCc2cc(C#N)c(=O)[nH]c21.CC1(C)COCc2cc(C#N)c(Cl)nc21. The van der Waals surface area contributed by atoms with Crippen molar-refractivity contribution in [2.24, 2.45) is 0 Å². The van der Waals surface area contributed by atoms with E-state index in [1.165, 1.54) is 0 Å². The molecule has 2 aromatic heterocycles. The maximum atomic E-state index is 11.5. The molecule has 1 N–H and O–H groups in total. The van der Waals surface area contributed by atoms with Crippen molar-refractivity contribution in [1.29, 1.82) is 10.5 Å². The minimum Gasteiger partial charge on any atom is -0.376 e. The molecule has 0 aliphatic carbocycles. The van der Waals surface area contributed by atoms with Gasteiger partial charge in [0.1, 0.15) is 22.9 Å². The summed E-state index contributed by atoms with van der Waals surface area (Å²) >= 11 is 5.91. The van der Waals surface area contributed by atoms with E-state index in [9.17, 15) is 4.79 Å². The predicted octanol–water partition coefficient (Wildman–Crippen LogP) is 3.47. The molecule has 0 saturated heterocycles. The summed E-state index contributed by atoms with van der Waals surface area (Å²) in [6.45, 7) is 10.3. The number of H-pyrrole nitrogens is 1. The summed E-state index contributed by atoms with van der Waals surface area (Å²) in [5, 5.41) is 17.9. The van der Waals surface area contributed by atoms with Crippen molar-refractivity contribution in [3.63, 3.8) is 0 Å². The molecule has 7 nitrogen and oxygen atoms in total. The van der Waals surface area contributed by atoms with Gasteiger partial charge < -0.3 is 14.5 Å². The van der Waals surface area contributed by atoms with Gasteiger partial charge in [0.25, 0.3) is 5.56 Å². The molecule has 0 unspecified atom stereocenters. The fourth-order valence-corrected chi connectivity index (χ4v) is 3.83. The maximum absolute atomic E-state index is 11.5. The molecule has 0 radical (unpaired) electrons. The fourth-order valence-electron chi connectivity index (χ4n) is 3.65. The number of aromatic amines is 1. The van der Waals surface area contributed by atoms with Crippen LogP contribution in [-0.4, -0.2) is 23.2 Å². The highest BCUT2D eigenvalue weighted by Gasteiger charge is 2.31. The van der Waals surface area contributed by atoms with E-state index in [0.29, 0.717) is 32.0 Å². The lowest BCUT2D eigenvalue weighted by Crippen LogP contribution is -2.34. The largest absolute Gasteiger partial charge is 0.376 e. The second-order valence-electron chi connectivity index (χ2n) is 8.72. The van der Waals surface area contributed by atoms with Gasteiger partial charge in [0.2, 0.25) is 0 Å². The van der Waals surface area contributed by atoms with Crippen LogP contribution in [0.2, 0.25) is 5.15 Å². The summed E-state index contributed by atoms with van der Waals surface area (Å²) < 4.78 is 10.9. The Morgan fingerprint density at radius 2 is 1.57 bits per heavy atom. The van der Waals surface area contributed by atoms with Crippen molar-refractivity contribution >= 4 is 11.6 Å². The number of nitrogens with one attached hydrogen (secondary N) is 1. The third kappa shape index (κ3) is 4.24. The lowest BCUT2D eigenvalue weighted by Gasteiger charge is -2.31. The van der Waals surface area contributed by atoms with Crippen molar-refractivity contribution in [1.82, 2.24) is 9.97 Å². The molecule has 0 atom stereocenters. The molecule has 156 valence electrons. The van der Waals surface area contributed by atoms with Gasteiger partial charge in [-0.1, -0.05) is 39.3 Å². The minimum absolute atomic E-state index is 0.134. The Morgan fingerprint density at radius 3 is 2.20 bits per heavy atom. The highest BCUT2D eigenvalue weighted by Crippen LogP contribution is 2.32. The van der Waals surface area contributed by atoms with Gasteiger partial charge in [-0.2, -0.15) is 10.5 Å². The first-order valence-corrected chi connectivity index (χ1v) is 9.89. The number of halogens is 1. The van der Waals surface area contributed by atoms with Gasteiger partial charge in [0.15, 0.2) is 0 Å². The number of hydrogen-bond acceptors (Lipinski definition) is 6. The molecule has 0 aromatic carbocycles. The van der Waals surface area contributed by atoms with E-state index in [2.05, 4.69) is 23.8 Å². The summed E-state index contributed by atoms with van der Waals surface area (Å²) in [5.74, 6) is 0. The fraction of sp³-hybridized carbons (Fsp3) is 0.455. The van der Waals surface area contributed by atoms with E-state index >= 15 is 0 Å². The van der Waals surface area contributed by atoms with Gasteiger partial charge in [-0.25, -0.2) is 4.98 Å². The Kier molecular flexibility index (Phi) is 6.01. The molecule has 0 saturated carbocycles. The average molecular weight is 427 g/mol. The van der Waals surface area contributed by atoms with E-state index in [0.717, 1.165) is 22.5 Å². The number of rotatable bonds is 0. The Labute approximate surface area is 180 Å². The molecule has 0 spiro atoms. The van der Waals surface area contributed by atoms with E-state index in [-0.39, 0.29) is 27.1 Å². The van der Waals surface area contributed by atoms with E-state index < -0.39 is 0 Å². The smallest absolute Gasteiger partial charge is 0.266 e. The van der Waals surface area contributed by atoms with Crippen molar-refractivity contribution in [2.75, 3.05) is 13.2 Å². The lowest BCUT2D eigenvalue weighted by atomic mass is 9.85. The van der Waals surface area contributed by atoms with Crippen molar-refractivity contribution in [2.45, 2.75) is 51.7 Å². The average Bonchev–Trinajstić information content (AvgIpc) is 2.68. The van der Waals surface area contributed by atoms with E-state index in [1.807, 2.05) is 26.0 Å². The Morgan fingerprint density at radius 1 is 1.00 bits per heavy atom. The monoisotopic (exact) mass is 426 g/mol. The van der Waals surface area contributed by atoms with Crippen molar-refractivity contribution in [3.8, 4) is 12.1 Å². The standard InChI is InChI=1S/C11H11ClN2O.C11H12N2O2/c1-11(2)6-15-5-8-3-7(4-13)10(12)14-9(8)11;1-11(2)6-15-5-8-3-7(4-12)10(14)13-9(8)11/h3H,5-6H2,1-2H3;3H,5-6H2,1-2H3,(H,13,14). The summed E-state index contributed by atoms with van der Waals surface area (Å²) in [5.41, 5.74) is 3.62. The first-order valence-electron chi connectivity index (χ1n) is 9.51. The molecule has 30 heavy (non-hydrogen) atoms. The number of pyridine rings is 2. The van der Waals surface area contributed by atoms with Gasteiger partial charge in [-0.15, -0.1) is 0 Å². The van der Waals surface area contributed by atoms with Crippen LogP contribution < -0.4 is 5.56 Å². The van der Waals surface area contributed by atoms with Crippen LogP contribution in [0.15, 0.2) is 16.9 Å². The summed E-state index contributed by atoms with van der Waals surface area (Å²) in [6, 6.07) is 7.29. The van der Waals surface area contributed by atoms with Crippen LogP contribution in [0.25, 0.3) is 0 Å². The molecule has 2 aromatic rings. The quantitative estimate of drug-likeness (QED) is 0.645. The third-order valence-corrected chi connectivity index (χ3v) is 5.47. The van der Waals surface area contributed by atoms with Gasteiger partial charge in [0, 0.05) is 22.1 Å². The van der Waals surface area contributed by atoms with Gasteiger partial charge in [-0.3, -0.25) is 4.79 Å². The molecular weight excluding hydrogens is 404 g/mol. The molecule has 2 aliphatic rings. The zero-order chi connectivity index (χ0) is 22.1. The topological polar surface area (TPSA) is 112 Å². The van der Waals surface area contributed by atoms with Crippen LogP contribution in [0.3, 0.4) is 0 Å². The number of nitriles is 2. The van der Waals surface area contributed by atoms with Crippen molar-refractivity contribution < 1.29 is 9.47 Å². The van der Waals surface area contributed by atoms with Crippen LogP contribution in [0.4, 0.5) is 0 Å². The van der Waals surface area contributed by atoms with E-state index in [1.54, 1.807) is 12.1 Å². The Balaban J connectivity index is 0.000000171. The maximum Gasteiger partial charge on any atom is 0.266 e. The minimum atomic E-state index is -0.314. The molecule has 4 rings (SSSR count). The first-order chi connectivity index (χ1) is 14.1. The predicted molar refractivity (Wildman–Crippen MR) is 111 cm³/mol. The highest BCUT2D eigenvalue weighted by molar-refractivity contribution is 6.30. The Bertz CT molecular complexity index is 1120. The molecular formula is C22H23ClN4O3. The number of fused-ring (bicyclic) bond motifs is 2. The summed E-state index contributed by atoms with van der Waals surface area (Å²) in [7, 11) is 0. The van der Waals surface area contributed by atoms with Crippen LogP contribution in [0.5, 0.6) is 0 Å². The zero-order valence-electron chi connectivity index (χ0n) is 17.4. The second-order valence-corrected chi connectivity index (χ2v) is 9.08. The number of ether oxygens (including phenoxy) is 2. The molecule has 0 bridgehead atoms. The highest BCUT2D eigenvalue weighted by atomic mass is 35.5. The Hall–Kier alpha value is -2.71. The van der Waals surface area contributed by atoms with Crippen LogP contribution in [-0.2, 0) is 33.5 Å². The summed E-state index contributed by atoms with van der Waals surface area (Å²) in [4.78, 5) is 18.6. The van der Waals surface area contributed by atoms with Crippen LogP contribution in [0.1, 0.15) is 61.3 Å². The van der Waals surface area contributed by atoms with Gasteiger partial charge in [0.05, 0.1) is 37.7 Å². The van der Waals surface area contributed by atoms with Crippen LogP contribution >= 0.6 is 11.6 Å². The van der Waals surface area contributed by atoms with Gasteiger partial charge in [-0.05, 0) is 17.7 Å². The third-order valence-electron chi connectivity index (χ3n) is 5.18. The summed E-state index contributed by atoms with van der Waals surface area (Å²) in [6.07, 6.45) is 0. The van der Waals surface area contributed by atoms with Crippen LogP contribution in [0, 0.1) is 22.7 Å². The zero-order valence-corrected chi connectivity index (χ0v) is 18.2. The molecule has 0 amide bonds.